The van der Waals surface area contributed by atoms with Crippen LogP contribution in [0.25, 0.3) is 0 Å². The van der Waals surface area contributed by atoms with Gasteiger partial charge in [0.25, 0.3) is 0 Å². The van der Waals surface area contributed by atoms with Crippen LogP contribution in [0.5, 0.6) is 11.5 Å². The second-order valence-corrected chi connectivity index (χ2v) is 4.98. The highest BCUT2D eigenvalue weighted by atomic mass is 35.5. The second-order valence-electron chi connectivity index (χ2n) is 4.57. The van der Waals surface area contributed by atoms with Gasteiger partial charge in [0, 0.05) is 0 Å². The van der Waals surface area contributed by atoms with Gasteiger partial charge in [0.2, 0.25) is 5.91 Å². The molecule has 118 valence electrons. The monoisotopic (exact) mass is 329 g/mol. The number of methoxy groups -OCH3 is 2. The molecule has 0 radical (unpaired) electrons. The predicted octanol–water partition coefficient (Wildman–Crippen LogP) is 3.74. The van der Waals surface area contributed by atoms with Crippen LogP contribution in [-0.4, -0.2) is 20.1 Å². The van der Waals surface area contributed by atoms with Gasteiger partial charge >= 0.3 is 0 Å². The van der Waals surface area contributed by atoms with Crippen LogP contribution in [0.15, 0.2) is 42.5 Å². The third-order valence-corrected chi connectivity index (χ3v) is 3.36. The fraction of sp³-hybridized carbons (Fsp3) is 0.167. The average Bonchev–Trinajstić information content (AvgIpc) is 2.57. The molecule has 2 rings (SSSR count). The van der Waals surface area contributed by atoms with Crippen molar-refractivity contribution in [3.63, 3.8) is 0 Å². The van der Waals surface area contributed by atoms with Crippen molar-refractivity contribution in [2.24, 2.45) is 0 Å². The molecule has 4 nitrogen and oxygen atoms in total. The number of carbonyl (C=O) groups excluding carboxylic acids is 1. The van der Waals surface area contributed by atoms with Crippen molar-refractivity contribution < 1.29 is 14.3 Å². The van der Waals surface area contributed by atoms with Gasteiger partial charge in [-0.3, -0.25) is 4.79 Å². The van der Waals surface area contributed by atoms with Crippen LogP contribution in [0.1, 0.15) is 12.0 Å². The third-order valence-electron chi connectivity index (χ3n) is 3.03. The largest absolute Gasteiger partial charge is 0.497 e. The van der Waals surface area contributed by atoms with Gasteiger partial charge in [0.1, 0.15) is 11.5 Å². The summed E-state index contributed by atoms with van der Waals surface area (Å²) in [7, 11) is 3.15. The topological polar surface area (TPSA) is 47.6 Å². The summed E-state index contributed by atoms with van der Waals surface area (Å²) in [5.41, 5.74) is 1.23. The maximum absolute atomic E-state index is 11.9. The molecule has 2 aromatic carbocycles. The molecule has 0 atom stereocenters. The molecule has 0 fully saturated rings. The van der Waals surface area contributed by atoms with Gasteiger partial charge < -0.3 is 14.8 Å². The zero-order valence-corrected chi connectivity index (χ0v) is 13.6. The van der Waals surface area contributed by atoms with E-state index in [9.17, 15) is 4.79 Å². The Morgan fingerprint density at radius 1 is 1.17 bits per heavy atom. The van der Waals surface area contributed by atoms with Crippen LogP contribution in [-0.2, 0) is 4.79 Å². The van der Waals surface area contributed by atoms with Crippen LogP contribution in [0, 0.1) is 11.8 Å². The minimum absolute atomic E-state index is 0.0472. The fourth-order valence-corrected chi connectivity index (χ4v) is 2.07. The SMILES string of the molecule is COc1ccc(OC)c(C#CCC(=O)Nc2ccccc2Cl)c1. The quantitative estimate of drug-likeness (QED) is 0.869. The molecule has 0 unspecified atom stereocenters. The molecule has 0 saturated carbocycles. The van der Waals surface area contributed by atoms with E-state index in [1.165, 1.54) is 0 Å². The summed E-state index contributed by atoms with van der Waals surface area (Å²) < 4.78 is 10.4. The summed E-state index contributed by atoms with van der Waals surface area (Å²) in [6.07, 6.45) is 0.0472. The van der Waals surface area contributed by atoms with E-state index in [0.717, 1.165) is 0 Å². The zero-order valence-electron chi connectivity index (χ0n) is 12.9. The Morgan fingerprint density at radius 3 is 2.65 bits per heavy atom. The summed E-state index contributed by atoms with van der Waals surface area (Å²) in [5, 5.41) is 3.21. The molecular formula is C18H16ClNO3. The van der Waals surface area contributed by atoms with E-state index in [2.05, 4.69) is 17.2 Å². The minimum atomic E-state index is -0.229. The number of amides is 1. The van der Waals surface area contributed by atoms with E-state index in [4.69, 9.17) is 21.1 Å². The standard InChI is InChI=1S/C18H16ClNO3/c1-22-14-10-11-17(23-2)13(12-14)6-5-9-18(21)20-16-8-4-3-7-15(16)19/h3-4,7-8,10-12H,9H2,1-2H3,(H,20,21). The lowest BCUT2D eigenvalue weighted by Crippen LogP contribution is -2.10. The lowest BCUT2D eigenvalue weighted by Gasteiger charge is -2.06. The average molecular weight is 330 g/mol. The molecule has 23 heavy (non-hydrogen) atoms. The first-order valence-electron chi connectivity index (χ1n) is 6.89. The first kappa shape index (κ1) is 16.7. The van der Waals surface area contributed by atoms with Gasteiger partial charge in [0.05, 0.1) is 36.9 Å². The number of nitrogens with one attached hydrogen (secondary N) is 1. The number of anilines is 1. The molecule has 0 aromatic heterocycles. The molecule has 0 bridgehead atoms. The van der Waals surface area contributed by atoms with E-state index in [1.54, 1.807) is 56.7 Å². The number of benzene rings is 2. The van der Waals surface area contributed by atoms with Crippen LogP contribution in [0.3, 0.4) is 0 Å². The van der Waals surface area contributed by atoms with Crippen LogP contribution < -0.4 is 14.8 Å². The molecule has 5 heteroatoms. The number of carbonyl (C=O) groups is 1. The van der Waals surface area contributed by atoms with Crippen molar-refractivity contribution in [3.05, 3.63) is 53.1 Å². The highest BCUT2D eigenvalue weighted by Gasteiger charge is 2.04. The highest BCUT2D eigenvalue weighted by Crippen LogP contribution is 2.23. The molecule has 0 heterocycles. The maximum atomic E-state index is 11.9. The van der Waals surface area contributed by atoms with Crippen LogP contribution in [0.2, 0.25) is 5.02 Å². The Morgan fingerprint density at radius 2 is 1.96 bits per heavy atom. The maximum Gasteiger partial charge on any atom is 0.236 e. The highest BCUT2D eigenvalue weighted by molar-refractivity contribution is 6.33. The summed E-state index contributed by atoms with van der Waals surface area (Å²) in [6.45, 7) is 0. The van der Waals surface area contributed by atoms with Crippen molar-refractivity contribution in [2.45, 2.75) is 6.42 Å². The molecule has 0 saturated heterocycles. The van der Waals surface area contributed by atoms with E-state index < -0.39 is 0 Å². The lowest BCUT2D eigenvalue weighted by atomic mass is 10.2. The number of ether oxygens (including phenoxy) is 2. The number of para-hydroxylation sites is 1. The van der Waals surface area contributed by atoms with Crippen molar-refractivity contribution in [3.8, 4) is 23.3 Å². The molecule has 0 aliphatic heterocycles. The molecule has 0 spiro atoms. The number of hydrogen-bond donors (Lipinski definition) is 1. The van der Waals surface area contributed by atoms with Crippen molar-refractivity contribution in [2.75, 3.05) is 19.5 Å². The molecule has 0 aliphatic rings. The van der Waals surface area contributed by atoms with Gasteiger partial charge in [-0.15, -0.1) is 0 Å². The lowest BCUT2D eigenvalue weighted by molar-refractivity contribution is -0.115. The predicted molar refractivity (Wildman–Crippen MR) is 91.1 cm³/mol. The molecule has 2 aromatic rings. The summed E-state index contributed by atoms with van der Waals surface area (Å²) in [4.78, 5) is 11.9. The smallest absolute Gasteiger partial charge is 0.236 e. The second kappa shape index (κ2) is 8.11. The Labute approximate surface area is 140 Å². The number of halogens is 1. The van der Waals surface area contributed by atoms with Gasteiger partial charge in [0.15, 0.2) is 0 Å². The summed E-state index contributed by atoms with van der Waals surface area (Å²) in [5.74, 6) is 6.82. The van der Waals surface area contributed by atoms with Gasteiger partial charge in [-0.05, 0) is 30.3 Å². The van der Waals surface area contributed by atoms with E-state index in [1.807, 2.05) is 0 Å². The summed E-state index contributed by atoms with van der Waals surface area (Å²) in [6, 6.07) is 12.4. The molecular weight excluding hydrogens is 314 g/mol. The van der Waals surface area contributed by atoms with Gasteiger partial charge in [-0.1, -0.05) is 35.6 Å². The van der Waals surface area contributed by atoms with Gasteiger partial charge in [-0.2, -0.15) is 0 Å². The Bertz CT molecular complexity index is 762. The van der Waals surface area contributed by atoms with Crippen LogP contribution >= 0.6 is 11.6 Å². The fourth-order valence-electron chi connectivity index (χ4n) is 1.89. The number of hydrogen-bond acceptors (Lipinski definition) is 3. The van der Waals surface area contributed by atoms with Crippen LogP contribution in [0.4, 0.5) is 5.69 Å². The molecule has 0 aliphatic carbocycles. The molecule has 1 amide bonds. The minimum Gasteiger partial charge on any atom is -0.497 e. The third kappa shape index (κ3) is 4.67. The summed E-state index contributed by atoms with van der Waals surface area (Å²) >= 11 is 5.99. The van der Waals surface area contributed by atoms with E-state index in [-0.39, 0.29) is 12.3 Å². The Kier molecular flexibility index (Phi) is 5.90. The molecule has 1 N–H and O–H groups in total. The number of rotatable bonds is 4. The van der Waals surface area contributed by atoms with E-state index in [0.29, 0.717) is 27.8 Å². The van der Waals surface area contributed by atoms with Crippen molar-refractivity contribution in [1.29, 1.82) is 0 Å². The Hall–Kier alpha value is -2.64. The van der Waals surface area contributed by atoms with Crippen molar-refractivity contribution >= 4 is 23.2 Å². The Balaban J connectivity index is 2.05. The zero-order chi connectivity index (χ0) is 16.7. The van der Waals surface area contributed by atoms with E-state index >= 15 is 0 Å². The normalized spacial score (nSPS) is 9.52. The van der Waals surface area contributed by atoms with Crippen molar-refractivity contribution in [1.82, 2.24) is 0 Å². The first-order chi connectivity index (χ1) is 11.1. The first-order valence-corrected chi connectivity index (χ1v) is 7.27. The van der Waals surface area contributed by atoms with Gasteiger partial charge in [-0.25, -0.2) is 0 Å².